The van der Waals surface area contributed by atoms with Crippen molar-refractivity contribution in [3.63, 3.8) is 0 Å². The zero-order valence-electron chi connectivity index (χ0n) is 6.96. The van der Waals surface area contributed by atoms with E-state index in [9.17, 15) is 5.11 Å². The van der Waals surface area contributed by atoms with E-state index in [0.717, 1.165) is 0 Å². The summed E-state index contributed by atoms with van der Waals surface area (Å²) in [7, 11) is 0. The first-order valence-electron chi connectivity index (χ1n) is 4.15. The molecule has 4 unspecified atom stereocenters. The monoisotopic (exact) mass is 204 g/mol. The van der Waals surface area contributed by atoms with Crippen LogP contribution in [-0.2, 0) is 4.74 Å². The van der Waals surface area contributed by atoms with Gasteiger partial charge >= 0.3 is 0 Å². The minimum absolute atomic E-state index is 0.0530. The third-order valence-electron chi connectivity index (χ3n) is 2.25. The standard InChI is InChI=1S/C7H12N2O3S/c8-7-9-3-1-4(11)5(2-10)12-6(3)13-7/h3-6,10-11H,1-2H2,(H2,8,9). The SMILES string of the molecule is NC1=NC2CC(O)C(CO)OC2S1. The topological polar surface area (TPSA) is 88.1 Å². The van der Waals surface area contributed by atoms with Gasteiger partial charge in [-0.2, -0.15) is 0 Å². The fourth-order valence-electron chi connectivity index (χ4n) is 1.56. The number of hydrogen-bond donors (Lipinski definition) is 3. The number of aliphatic imine (C=N–C) groups is 1. The second-order valence-corrected chi connectivity index (χ2v) is 4.30. The molecule has 0 radical (unpaired) electrons. The first kappa shape index (κ1) is 9.26. The summed E-state index contributed by atoms with van der Waals surface area (Å²) in [6.07, 6.45) is -0.611. The Bertz CT molecular complexity index is 236. The number of rotatable bonds is 1. The van der Waals surface area contributed by atoms with E-state index in [-0.39, 0.29) is 18.1 Å². The lowest BCUT2D eigenvalue weighted by Gasteiger charge is -2.33. The number of thioether (sulfide) groups is 1. The average molecular weight is 204 g/mol. The predicted molar refractivity (Wildman–Crippen MR) is 49.4 cm³/mol. The summed E-state index contributed by atoms with van der Waals surface area (Å²) in [5.74, 6) is 0. The van der Waals surface area contributed by atoms with Gasteiger partial charge in [-0.1, -0.05) is 11.8 Å². The van der Waals surface area contributed by atoms with Crippen LogP contribution in [0.5, 0.6) is 0 Å². The van der Waals surface area contributed by atoms with Crippen molar-refractivity contribution >= 4 is 16.9 Å². The molecule has 5 nitrogen and oxygen atoms in total. The number of aliphatic hydroxyl groups excluding tert-OH is 2. The smallest absolute Gasteiger partial charge is 0.156 e. The van der Waals surface area contributed by atoms with Crippen molar-refractivity contribution in [2.24, 2.45) is 10.7 Å². The Balaban J connectivity index is 2.04. The molecule has 2 aliphatic heterocycles. The van der Waals surface area contributed by atoms with E-state index in [1.54, 1.807) is 0 Å². The average Bonchev–Trinajstić information content (AvgIpc) is 2.42. The van der Waals surface area contributed by atoms with Crippen molar-refractivity contribution < 1.29 is 14.9 Å². The molecule has 6 heteroatoms. The second kappa shape index (κ2) is 3.45. The van der Waals surface area contributed by atoms with Crippen LogP contribution in [0.15, 0.2) is 4.99 Å². The fourth-order valence-corrected chi connectivity index (χ4v) is 2.52. The van der Waals surface area contributed by atoms with Gasteiger partial charge < -0.3 is 20.7 Å². The largest absolute Gasteiger partial charge is 0.394 e. The van der Waals surface area contributed by atoms with Crippen LogP contribution in [0, 0.1) is 0 Å². The third kappa shape index (κ3) is 1.67. The zero-order valence-corrected chi connectivity index (χ0v) is 7.78. The molecule has 74 valence electrons. The van der Waals surface area contributed by atoms with Crippen LogP contribution < -0.4 is 5.73 Å². The highest BCUT2D eigenvalue weighted by atomic mass is 32.2. The summed E-state index contributed by atoms with van der Waals surface area (Å²) in [5, 5.41) is 18.9. The zero-order chi connectivity index (χ0) is 9.42. The van der Waals surface area contributed by atoms with Gasteiger partial charge in [0.2, 0.25) is 0 Å². The molecule has 1 fully saturated rings. The molecule has 0 aliphatic carbocycles. The highest BCUT2D eigenvalue weighted by molar-refractivity contribution is 8.14. The normalized spacial score (nSPS) is 44.3. The molecule has 0 aromatic heterocycles. The van der Waals surface area contributed by atoms with Crippen LogP contribution in [-0.4, -0.2) is 45.7 Å². The van der Waals surface area contributed by atoms with E-state index >= 15 is 0 Å². The van der Waals surface area contributed by atoms with E-state index in [1.807, 2.05) is 0 Å². The summed E-state index contributed by atoms with van der Waals surface area (Å²) in [6, 6.07) is -0.0530. The Morgan fingerprint density at radius 3 is 3.15 bits per heavy atom. The molecule has 1 saturated heterocycles. The van der Waals surface area contributed by atoms with E-state index < -0.39 is 12.2 Å². The molecule has 0 aromatic rings. The first-order valence-corrected chi connectivity index (χ1v) is 5.03. The summed E-state index contributed by atoms with van der Waals surface area (Å²) in [5.41, 5.74) is 5.39. The molecule has 0 saturated carbocycles. The molecule has 0 amide bonds. The van der Waals surface area contributed by atoms with Gasteiger partial charge in [0, 0.05) is 6.42 Å². The second-order valence-electron chi connectivity index (χ2n) is 3.18. The molecule has 2 aliphatic rings. The molecule has 13 heavy (non-hydrogen) atoms. The maximum atomic E-state index is 9.50. The van der Waals surface area contributed by atoms with Gasteiger partial charge in [-0.25, -0.2) is 0 Å². The molecule has 0 bridgehead atoms. The van der Waals surface area contributed by atoms with Crippen molar-refractivity contribution in [3.05, 3.63) is 0 Å². The van der Waals surface area contributed by atoms with Crippen LogP contribution >= 0.6 is 11.8 Å². The minimum atomic E-state index is -0.638. The Hall–Kier alpha value is -0.300. The lowest BCUT2D eigenvalue weighted by Crippen LogP contribution is -2.45. The third-order valence-corrected chi connectivity index (χ3v) is 3.25. The number of hydrogen-bond acceptors (Lipinski definition) is 6. The van der Waals surface area contributed by atoms with Gasteiger partial charge in [0.1, 0.15) is 11.5 Å². The van der Waals surface area contributed by atoms with Crippen molar-refractivity contribution in [2.75, 3.05) is 6.61 Å². The van der Waals surface area contributed by atoms with Gasteiger partial charge in [-0.05, 0) is 0 Å². The highest BCUT2D eigenvalue weighted by Gasteiger charge is 2.40. The van der Waals surface area contributed by atoms with E-state index in [1.165, 1.54) is 11.8 Å². The van der Waals surface area contributed by atoms with E-state index in [0.29, 0.717) is 11.6 Å². The number of aliphatic hydroxyl groups is 2. The van der Waals surface area contributed by atoms with Gasteiger partial charge in [-0.15, -0.1) is 0 Å². The maximum absolute atomic E-state index is 9.50. The molecular weight excluding hydrogens is 192 g/mol. The van der Waals surface area contributed by atoms with Crippen molar-refractivity contribution in [3.8, 4) is 0 Å². The summed E-state index contributed by atoms with van der Waals surface area (Å²) in [6.45, 7) is -0.162. The first-order chi connectivity index (χ1) is 6.20. The lowest BCUT2D eigenvalue weighted by molar-refractivity contribution is -0.111. The number of nitrogens with zero attached hydrogens (tertiary/aromatic N) is 1. The maximum Gasteiger partial charge on any atom is 0.156 e. The Morgan fingerprint density at radius 2 is 2.46 bits per heavy atom. The Labute approximate surface area is 80.0 Å². The van der Waals surface area contributed by atoms with Crippen molar-refractivity contribution in [2.45, 2.75) is 30.1 Å². The van der Waals surface area contributed by atoms with Gasteiger partial charge in [-0.3, -0.25) is 4.99 Å². The lowest BCUT2D eigenvalue weighted by atomic mass is 10.0. The van der Waals surface area contributed by atoms with Crippen molar-refractivity contribution in [1.29, 1.82) is 0 Å². The van der Waals surface area contributed by atoms with E-state index in [2.05, 4.69) is 4.99 Å². The Kier molecular flexibility index (Phi) is 2.46. The Morgan fingerprint density at radius 1 is 1.69 bits per heavy atom. The predicted octanol–water partition coefficient (Wildman–Crippen LogP) is -1.12. The minimum Gasteiger partial charge on any atom is -0.394 e. The van der Waals surface area contributed by atoms with Crippen LogP contribution in [0.2, 0.25) is 0 Å². The van der Waals surface area contributed by atoms with Crippen molar-refractivity contribution in [1.82, 2.24) is 0 Å². The van der Waals surface area contributed by atoms with Crippen LogP contribution in [0.1, 0.15) is 6.42 Å². The van der Waals surface area contributed by atoms with E-state index in [4.69, 9.17) is 15.6 Å². The molecule has 0 spiro atoms. The summed E-state index contributed by atoms with van der Waals surface area (Å²) in [4.78, 5) is 4.12. The molecule has 4 N–H and O–H groups in total. The number of fused-ring (bicyclic) bond motifs is 1. The van der Waals surface area contributed by atoms with Gasteiger partial charge in [0.05, 0.1) is 18.8 Å². The number of nitrogens with two attached hydrogens (primary N) is 1. The van der Waals surface area contributed by atoms with Crippen LogP contribution in [0.25, 0.3) is 0 Å². The quantitative estimate of drug-likeness (QED) is 0.504. The van der Waals surface area contributed by atoms with Crippen LogP contribution in [0.4, 0.5) is 0 Å². The van der Waals surface area contributed by atoms with Gasteiger partial charge in [0.25, 0.3) is 0 Å². The summed E-state index contributed by atoms with van der Waals surface area (Å²) >= 11 is 1.35. The van der Waals surface area contributed by atoms with Gasteiger partial charge in [0.15, 0.2) is 5.17 Å². The molecular formula is C7H12N2O3S. The summed E-state index contributed by atoms with van der Waals surface area (Å²) < 4.78 is 5.41. The molecule has 2 heterocycles. The highest BCUT2D eigenvalue weighted by Crippen LogP contribution is 2.34. The molecule has 0 aromatic carbocycles. The van der Waals surface area contributed by atoms with Crippen LogP contribution in [0.3, 0.4) is 0 Å². The fraction of sp³-hybridized carbons (Fsp3) is 0.857. The molecule has 2 rings (SSSR count). The number of amidine groups is 1. The molecule has 4 atom stereocenters. The number of ether oxygens (including phenoxy) is 1.